The Morgan fingerprint density at radius 2 is 1.97 bits per heavy atom. The molecule has 3 aliphatic rings. The number of fused-ring (bicyclic) bond motifs is 2. The van der Waals surface area contributed by atoms with E-state index >= 15 is 0 Å². The summed E-state index contributed by atoms with van der Waals surface area (Å²) in [6.45, 7) is 5.65. The second-order valence-corrected chi connectivity index (χ2v) is 11.7. The molecule has 1 unspecified atom stereocenters. The van der Waals surface area contributed by atoms with Gasteiger partial charge in [0.2, 0.25) is 6.33 Å². The summed E-state index contributed by atoms with van der Waals surface area (Å²) in [6.07, 6.45) is 4.96. The van der Waals surface area contributed by atoms with E-state index in [9.17, 15) is 13.2 Å². The minimum absolute atomic E-state index is 0.204. The maximum absolute atomic E-state index is 13.3. The first kappa shape index (κ1) is 26.8. The number of nitrogens with zero attached hydrogens (tertiary/aromatic N) is 4. The Bertz CT molecular complexity index is 1400. The van der Waals surface area contributed by atoms with Gasteiger partial charge in [-0.3, -0.25) is 4.90 Å². The first-order chi connectivity index (χ1) is 18.7. The number of nitrogens with one attached hydrogen (secondary N) is 1. The Labute approximate surface area is 236 Å². The molecule has 0 amide bonds. The zero-order chi connectivity index (χ0) is 27.1. The monoisotopic (exact) mass is 576 g/mol. The van der Waals surface area contributed by atoms with Gasteiger partial charge < -0.3 is 5.32 Å². The fraction of sp³-hybridized carbons (Fsp3) is 0.448. The standard InChI is InChI=1S/C29H31Cl2F3N5/c30-21-4-3-20-12-25-23(24(20)13-21)7-9-39(8-1-2-22-5-6-26(31)28(36-22)29(32,33)34)27(25)17-38-11-10-37(18-38)16-19-14-35-15-19/h3-6,10-11,13,18-19,27,35H,1-2,7-9,12,14-17H2/q+1. The lowest BCUT2D eigenvalue weighted by Crippen LogP contribution is -2.50. The number of halogens is 5. The quantitative estimate of drug-likeness (QED) is 0.363. The third-order valence-electron chi connectivity index (χ3n) is 8.17. The molecule has 0 saturated carbocycles. The zero-order valence-electron chi connectivity index (χ0n) is 21.5. The molecular weight excluding hydrogens is 546 g/mol. The highest BCUT2D eigenvalue weighted by Gasteiger charge is 2.37. The van der Waals surface area contributed by atoms with Crippen molar-refractivity contribution in [2.45, 2.75) is 51.0 Å². The molecule has 0 spiro atoms. The molecular formula is C29H31Cl2F3N5+. The van der Waals surface area contributed by atoms with Gasteiger partial charge in [0.25, 0.3) is 0 Å². The summed E-state index contributed by atoms with van der Waals surface area (Å²) in [5.74, 6) is 0.680. The molecule has 1 N–H and O–H groups in total. The van der Waals surface area contributed by atoms with E-state index in [0.717, 1.165) is 57.1 Å². The first-order valence-electron chi connectivity index (χ1n) is 13.5. The highest BCUT2D eigenvalue weighted by molar-refractivity contribution is 6.31. The summed E-state index contributed by atoms with van der Waals surface area (Å²) in [7, 11) is 0. The molecule has 1 aliphatic carbocycles. The number of aryl methyl sites for hydroxylation is 1. The Balaban J connectivity index is 1.20. The minimum Gasteiger partial charge on any atom is -0.316 e. The molecule has 5 nitrogen and oxygen atoms in total. The van der Waals surface area contributed by atoms with Crippen LogP contribution in [0, 0.1) is 5.92 Å². The maximum atomic E-state index is 13.3. The number of pyridine rings is 1. The topological polar surface area (TPSA) is 37.0 Å². The predicted molar refractivity (Wildman–Crippen MR) is 146 cm³/mol. The van der Waals surface area contributed by atoms with E-state index in [1.165, 1.54) is 28.3 Å². The molecule has 1 fully saturated rings. The average Bonchev–Trinajstić information content (AvgIpc) is 3.47. The van der Waals surface area contributed by atoms with Crippen LogP contribution in [-0.4, -0.2) is 46.7 Å². The van der Waals surface area contributed by atoms with Gasteiger partial charge in [0.15, 0.2) is 5.69 Å². The summed E-state index contributed by atoms with van der Waals surface area (Å²) in [5.41, 5.74) is 4.84. The van der Waals surface area contributed by atoms with Crippen molar-refractivity contribution in [3.63, 3.8) is 0 Å². The molecule has 206 valence electrons. The molecule has 0 radical (unpaired) electrons. The summed E-state index contributed by atoms with van der Waals surface area (Å²) in [5, 5.41) is 3.73. The second kappa shape index (κ2) is 10.9. The molecule has 2 aliphatic heterocycles. The number of imidazole rings is 1. The van der Waals surface area contributed by atoms with Gasteiger partial charge >= 0.3 is 6.18 Å². The lowest BCUT2D eigenvalue weighted by molar-refractivity contribution is -0.703. The highest BCUT2D eigenvalue weighted by Crippen LogP contribution is 2.42. The number of hydrogen-bond acceptors (Lipinski definition) is 3. The summed E-state index contributed by atoms with van der Waals surface area (Å²) < 4.78 is 44.4. The van der Waals surface area contributed by atoms with E-state index in [1.807, 2.05) is 6.07 Å². The van der Waals surface area contributed by atoms with Gasteiger partial charge in [0.1, 0.15) is 18.9 Å². The van der Waals surface area contributed by atoms with Gasteiger partial charge in [-0.15, -0.1) is 0 Å². The number of benzene rings is 1. The summed E-state index contributed by atoms with van der Waals surface area (Å²) in [4.78, 5) is 6.32. The van der Waals surface area contributed by atoms with Crippen molar-refractivity contribution >= 4 is 28.8 Å². The fourth-order valence-electron chi connectivity index (χ4n) is 6.12. The van der Waals surface area contributed by atoms with Crippen LogP contribution in [0.4, 0.5) is 13.2 Å². The van der Waals surface area contributed by atoms with Crippen molar-refractivity contribution in [2.24, 2.45) is 5.92 Å². The van der Waals surface area contributed by atoms with Crippen LogP contribution in [0.1, 0.15) is 35.4 Å². The van der Waals surface area contributed by atoms with Crippen molar-refractivity contribution in [3.05, 3.63) is 87.2 Å². The van der Waals surface area contributed by atoms with Crippen LogP contribution >= 0.6 is 23.2 Å². The van der Waals surface area contributed by atoms with E-state index in [2.05, 4.69) is 55.2 Å². The summed E-state index contributed by atoms with van der Waals surface area (Å²) in [6, 6.07) is 9.29. The van der Waals surface area contributed by atoms with Gasteiger partial charge in [0, 0.05) is 36.3 Å². The molecule has 0 bridgehead atoms. The number of aromatic nitrogens is 3. The van der Waals surface area contributed by atoms with Gasteiger partial charge in [0.05, 0.1) is 17.6 Å². The van der Waals surface area contributed by atoms with E-state index in [0.29, 0.717) is 24.5 Å². The van der Waals surface area contributed by atoms with Crippen LogP contribution in [-0.2, 0) is 32.1 Å². The Morgan fingerprint density at radius 3 is 2.74 bits per heavy atom. The molecule has 39 heavy (non-hydrogen) atoms. The van der Waals surface area contributed by atoms with E-state index in [1.54, 1.807) is 6.07 Å². The Morgan fingerprint density at radius 1 is 1.13 bits per heavy atom. The number of rotatable bonds is 8. The van der Waals surface area contributed by atoms with Crippen LogP contribution in [0.2, 0.25) is 10.0 Å². The lowest BCUT2D eigenvalue weighted by atomic mass is 9.92. The van der Waals surface area contributed by atoms with Gasteiger partial charge in [-0.25, -0.2) is 14.1 Å². The lowest BCUT2D eigenvalue weighted by Gasteiger charge is -2.36. The molecule has 10 heteroatoms. The molecule has 1 atom stereocenters. The fourth-order valence-corrected chi connectivity index (χ4v) is 6.51. The average molecular weight is 578 g/mol. The van der Waals surface area contributed by atoms with Crippen molar-refractivity contribution in [1.82, 2.24) is 19.8 Å². The van der Waals surface area contributed by atoms with Crippen LogP contribution in [0.25, 0.3) is 5.57 Å². The smallest absolute Gasteiger partial charge is 0.316 e. The van der Waals surface area contributed by atoms with Crippen molar-refractivity contribution in [2.75, 3.05) is 26.2 Å². The normalized spacial score (nSPS) is 19.8. The Hall–Kier alpha value is -2.39. The first-order valence-corrected chi connectivity index (χ1v) is 14.2. The van der Waals surface area contributed by atoms with E-state index in [-0.39, 0.29) is 11.1 Å². The van der Waals surface area contributed by atoms with Gasteiger partial charge in [-0.2, -0.15) is 13.2 Å². The zero-order valence-corrected chi connectivity index (χ0v) is 23.0. The molecule has 1 saturated heterocycles. The summed E-state index contributed by atoms with van der Waals surface area (Å²) >= 11 is 12.1. The number of hydrogen-bond donors (Lipinski definition) is 1. The van der Waals surface area contributed by atoms with Crippen LogP contribution in [0.3, 0.4) is 0 Å². The SMILES string of the molecule is FC(F)(F)c1nc(CCCN2CCC3=C(Cc4ccc(Cl)cc43)C2Cn2cc[n+](CC3CNC3)c2)ccc1Cl. The minimum atomic E-state index is -4.56. The Kier molecular flexibility index (Phi) is 7.48. The number of alkyl halides is 3. The van der Waals surface area contributed by atoms with Gasteiger partial charge in [-0.05, 0) is 78.8 Å². The van der Waals surface area contributed by atoms with E-state index in [4.69, 9.17) is 23.2 Å². The second-order valence-electron chi connectivity index (χ2n) is 10.8. The molecule has 6 rings (SSSR count). The predicted octanol–water partition coefficient (Wildman–Crippen LogP) is 5.43. The van der Waals surface area contributed by atoms with Gasteiger partial charge in [-0.1, -0.05) is 29.3 Å². The maximum Gasteiger partial charge on any atom is 0.434 e. The molecule has 1 aromatic carbocycles. The van der Waals surface area contributed by atoms with E-state index < -0.39 is 11.9 Å². The highest BCUT2D eigenvalue weighted by atomic mass is 35.5. The van der Waals surface area contributed by atoms with Crippen LogP contribution in [0.15, 0.2) is 54.6 Å². The van der Waals surface area contributed by atoms with Crippen molar-refractivity contribution < 1.29 is 17.7 Å². The van der Waals surface area contributed by atoms with Crippen LogP contribution < -0.4 is 9.88 Å². The largest absolute Gasteiger partial charge is 0.434 e. The third kappa shape index (κ3) is 5.75. The molecule has 3 aromatic rings. The van der Waals surface area contributed by atoms with Crippen molar-refractivity contribution in [1.29, 1.82) is 0 Å². The van der Waals surface area contributed by atoms with Crippen molar-refractivity contribution in [3.8, 4) is 0 Å². The molecule has 4 heterocycles. The third-order valence-corrected chi connectivity index (χ3v) is 8.71. The molecule has 2 aromatic heterocycles. The van der Waals surface area contributed by atoms with Crippen LogP contribution in [0.5, 0.6) is 0 Å².